The van der Waals surface area contributed by atoms with Crippen molar-refractivity contribution >= 4 is 11.6 Å². The minimum Gasteiger partial charge on any atom is -0.497 e. The molecule has 2 rings (SSSR count). The van der Waals surface area contributed by atoms with Crippen molar-refractivity contribution in [2.45, 2.75) is 38.6 Å². The number of benzene rings is 1. The molecule has 0 bridgehead atoms. The topological polar surface area (TPSA) is 55.6 Å². The highest BCUT2D eigenvalue weighted by atomic mass is 16.5. The highest BCUT2D eigenvalue weighted by molar-refractivity contribution is 5.99. The zero-order valence-electron chi connectivity index (χ0n) is 12.6. The molecule has 1 fully saturated rings. The minimum absolute atomic E-state index is 0.00361. The van der Waals surface area contributed by atoms with E-state index in [1.807, 2.05) is 11.9 Å². The molecule has 4 heteroatoms. The number of hydrogen-bond acceptors (Lipinski definition) is 3. The van der Waals surface area contributed by atoms with Gasteiger partial charge in [0, 0.05) is 24.8 Å². The molecule has 20 heavy (non-hydrogen) atoms. The average Bonchev–Trinajstić information content (AvgIpc) is 2.46. The van der Waals surface area contributed by atoms with Crippen molar-refractivity contribution < 1.29 is 9.53 Å². The van der Waals surface area contributed by atoms with E-state index >= 15 is 0 Å². The third kappa shape index (κ3) is 2.89. The summed E-state index contributed by atoms with van der Waals surface area (Å²) in [6.45, 7) is 2.23. The molecule has 1 amide bonds. The van der Waals surface area contributed by atoms with Gasteiger partial charge in [-0.1, -0.05) is 19.8 Å². The Morgan fingerprint density at radius 3 is 2.65 bits per heavy atom. The Hall–Kier alpha value is -1.71. The zero-order valence-corrected chi connectivity index (χ0v) is 12.6. The van der Waals surface area contributed by atoms with Crippen LogP contribution in [0.2, 0.25) is 0 Å². The van der Waals surface area contributed by atoms with E-state index in [0.717, 1.165) is 6.42 Å². The van der Waals surface area contributed by atoms with Crippen LogP contribution in [0.1, 0.15) is 43.0 Å². The summed E-state index contributed by atoms with van der Waals surface area (Å²) >= 11 is 0. The predicted octanol–water partition coefficient (Wildman–Crippen LogP) is 2.93. The summed E-state index contributed by atoms with van der Waals surface area (Å²) in [6.07, 6.45) is 4.74. The maximum atomic E-state index is 12.6. The first kappa shape index (κ1) is 14.7. The Morgan fingerprint density at radius 2 is 2.05 bits per heavy atom. The fourth-order valence-corrected chi connectivity index (χ4v) is 3.08. The molecule has 1 saturated carbocycles. The molecule has 1 aliphatic rings. The van der Waals surface area contributed by atoms with Gasteiger partial charge in [-0.05, 0) is 30.9 Å². The number of nitrogens with zero attached hydrogens (tertiary/aromatic N) is 1. The van der Waals surface area contributed by atoms with E-state index in [0.29, 0.717) is 29.0 Å². The first-order valence-corrected chi connectivity index (χ1v) is 7.25. The lowest BCUT2D eigenvalue weighted by Gasteiger charge is -2.36. The minimum atomic E-state index is 0.00361. The van der Waals surface area contributed by atoms with E-state index in [2.05, 4.69) is 6.92 Å². The average molecular weight is 276 g/mol. The van der Waals surface area contributed by atoms with Gasteiger partial charge in [-0.15, -0.1) is 0 Å². The zero-order chi connectivity index (χ0) is 14.7. The summed E-state index contributed by atoms with van der Waals surface area (Å²) < 4.78 is 5.12. The van der Waals surface area contributed by atoms with Gasteiger partial charge < -0.3 is 15.4 Å². The van der Waals surface area contributed by atoms with Crippen LogP contribution in [0.25, 0.3) is 0 Å². The number of anilines is 1. The lowest BCUT2D eigenvalue weighted by Crippen LogP contribution is -2.42. The fraction of sp³-hybridized carbons (Fsp3) is 0.562. The maximum Gasteiger partial charge on any atom is 0.255 e. The van der Waals surface area contributed by atoms with E-state index in [-0.39, 0.29) is 5.91 Å². The van der Waals surface area contributed by atoms with Crippen molar-refractivity contribution in [1.29, 1.82) is 0 Å². The van der Waals surface area contributed by atoms with Crippen LogP contribution >= 0.6 is 0 Å². The first-order chi connectivity index (χ1) is 9.54. The molecule has 0 aromatic heterocycles. The lowest BCUT2D eigenvalue weighted by atomic mass is 9.85. The SMILES string of the molecule is COc1ccc(C(=O)N(C)C2CCCCC2C)c(N)c1. The van der Waals surface area contributed by atoms with Gasteiger partial charge in [-0.25, -0.2) is 0 Å². The van der Waals surface area contributed by atoms with Gasteiger partial charge in [-0.2, -0.15) is 0 Å². The van der Waals surface area contributed by atoms with Crippen molar-refractivity contribution in [2.24, 2.45) is 5.92 Å². The number of methoxy groups -OCH3 is 1. The Labute approximate surface area is 120 Å². The third-order valence-corrected chi connectivity index (χ3v) is 4.37. The molecule has 0 heterocycles. The lowest BCUT2D eigenvalue weighted by molar-refractivity contribution is 0.0630. The van der Waals surface area contributed by atoms with Crippen LogP contribution in [0.15, 0.2) is 18.2 Å². The summed E-state index contributed by atoms with van der Waals surface area (Å²) in [7, 11) is 3.48. The van der Waals surface area contributed by atoms with Gasteiger partial charge in [0.2, 0.25) is 0 Å². The fourth-order valence-electron chi connectivity index (χ4n) is 3.08. The molecule has 0 spiro atoms. The maximum absolute atomic E-state index is 12.6. The second-order valence-electron chi connectivity index (χ2n) is 5.70. The van der Waals surface area contributed by atoms with E-state index < -0.39 is 0 Å². The summed E-state index contributed by atoms with van der Waals surface area (Å²) in [4.78, 5) is 14.5. The quantitative estimate of drug-likeness (QED) is 0.864. The molecule has 2 unspecified atom stereocenters. The summed E-state index contributed by atoms with van der Waals surface area (Å²) in [5, 5.41) is 0. The van der Waals surface area contributed by atoms with Gasteiger partial charge in [0.15, 0.2) is 0 Å². The Bertz CT molecular complexity index is 487. The molecule has 1 aromatic carbocycles. The Morgan fingerprint density at radius 1 is 1.35 bits per heavy atom. The van der Waals surface area contributed by atoms with Gasteiger partial charge in [0.25, 0.3) is 5.91 Å². The van der Waals surface area contributed by atoms with Crippen LogP contribution in [0.3, 0.4) is 0 Å². The van der Waals surface area contributed by atoms with E-state index in [9.17, 15) is 4.79 Å². The number of hydrogen-bond donors (Lipinski definition) is 1. The standard InChI is InChI=1S/C16H24N2O2/c1-11-6-4-5-7-15(11)18(2)16(19)13-9-8-12(20-3)10-14(13)17/h8-11,15H,4-7,17H2,1-3H3. The van der Waals surface area contributed by atoms with Crippen LogP contribution in [-0.4, -0.2) is 31.0 Å². The third-order valence-electron chi connectivity index (χ3n) is 4.37. The van der Waals surface area contributed by atoms with E-state index in [1.165, 1.54) is 19.3 Å². The Balaban J connectivity index is 2.17. The van der Waals surface area contributed by atoms with Crippen LogP contribution in [-0.2, 0) is 0 Å². The molecule has 4 nitrogen and oxygen atoms in total. The van der Waals surface area contributed by atoms with Gasteiger partial charge in [0.1, 0.15) is 5.75 Å². The predicted molar refractivity (Wildman–Crippen MR) is 80.9 cm³/mol. The van der Waals surface area contributed by atoms with Crippen molar-refractivity contribution in [2.75, 3.05) is 19.9 Å². The number of nitrogens with two attached hydrogens (primary N) is 1. The number of carbonyl (C=O) groups is 1. The van der Waals surface area contributed by atoms with E-state index in [1.54, 1.807) is 25.3 Å². The van der Waals surface area contributed by atoms with Crippen LogP contribution in [0.4, 0.5) is 5.69 Å². The van der Waals surface area contributed by atoms with Crippen LogP contribution in [0.5, 0.6) is 5.75 Å². The number of rotatable bonds is 3. The highest BCUT2D eigenvalue weighted by Crippen LogP contribution is 2.29. The van der Waals surface area contributed by atoms with Crippen molar-refractivity contribution in [1.82, 2.24) is 4.90 Å². The second-order valence-corrected chi connectivity index (χ2v) is 5.70. The molecule has 0 saturated heterocycles. The molecule has 0 aliphatic heterocycles. The highest BCUT2D eigenvalue weighted by Gasteiger charge is 2.29. The molecule has 1 aromatic rings. The van der Waals surface area contributed by atoms with Crippen molar-refractivity contribution in [3.8, 4) is 5.75 Å². The number of carbonyl (C=O) groups excluding carboxylic acids is 1. The molecule has 110 valence electrons. The van der Waals surface area contributed by atoms with Crippen molar-refractivity contribution in [3.05, 3.63) is 23.8 Å². The van der Waals surface area contributed by atoms with E-state index in [4.69, 9.17) is 10.5 Å². The van der Waals surface area contributed by atoms with Crippen LogP contribution in [0, 0.1) is 5.92 Å². The molecule has 0 radical (unpaired) electrons. The molecule has 1 aliphatic carbocycles. The summed E-state index contributed by atoms with van der Waals surface area (Å²) in [5.74, 6) is 1.23. The number of amides is 1. The van der Waals surface area contributed by atoms with Gasteiger partial charge in [-0.3, -0.25) is 4.79 Å². The number of nitrogen functional groups attached to an aromatic ring is 1. The molecular formula is C16H24N2O2. The monoisotopic (exact) mass is 276 g/mol. The smallest absolute Gasteiger partial charge is 0.255 e. The van der Waals surface area contributed by atoms with Gasteiger partial charge in [0.05, 0.1) is 12.7 Å². The molecule has 2 N–H and O–H groups in total. The number of ether oxygens (including phenoxy) is 1. The van der Waals surface area contributed by atoms with Gasteiger partial charge >= 0.3 is 0 Å². The Kier molecular flexibility index (Phi) is 4.53. The van der Waals surface area contributed by atoms with Crippen LogP contribution < -0.4 is 10.5 Å². The second kappa shape index (κ2) is 6.16. The molecular weight excluding hydrogens is 252 g/mol. The normalized spacial score (nSPS) is 22.4. The first-order valence-electron chi connectivity index (χ1n) is 7.25. The molecule has 2 atom stereocenters. The largest absolute Gasteiger partial charge is 0.497 e. The summed E-state index contributed by atoms with van der Waals surface area (Å²) in [5.41, 5.74) is 7.01. The van der Waals surface area contributed by atoms with Crippen molar-refractivity contribution in [3.63, 3.8) is 0 Å². The summed E-state index contributed by atoms with van der Waals surface area (Å²) in [6, 6.07) is 5.55.